The fourth-order valence-corrected chi connectivity index (χ4v) is 3.17. The Morgan fingerprint density at radius 1 is 0.840 bits per heavy atom. The molecule has 0 aromatic heterocycles. The van der Waals surface area contributed by atoms with Gasteiger partial charge in [0.15, 0.2) is 0 Å². The van der Waals surface area contributed by atoms with Gasteiger partial charge in [-0.2, -0.15) is 0 Å². The van der Waals surface area contributed by atoms with Gasteiger partial charge in [-0.15, -0.1) is 0 Å². The normalized spacial score (nSPS) is 20.0. The summed E-state index contributed by atoms with van der Waals surface area (Å²) in [4.78, 5) is 24.6. The summed E-state index contributed by atoms with van der Waals surface area (Å²) in [6.07, 6.45) is 0.692. The van der Waals surface area contributed by atoms with E-state index < -0.39 is 12.1 Å². The van der Waals surface area contributed by atoms with Gasteiger partial charge in [0.05, 0.1) is 4.47 Å². The van der Waals surface area contributed by atoms with Crippen molar-refractivity contribution in [3.8, 4) is 11.5 Å². The average Bonchev–Trinajstić information content (AvgIpc) is 2.57. The molecule has 4 N–H and O–H groups in total. The first-order valence-electron chi connectivity index (χ1n) is 7.78. The highest BCUT2D eigenvalue weighted by Crippen LogP contribution is 2.25. The number of halogens is 1. The minimum atomic E-state index is -0.653. The molecule has 0 aliphatic carbocycles. The third-order valence-corrected chi connectivity index (χ3v) is 4.73. The van der Waals surface area contributed by atoms with Crippen LogP contribution in [0.15, 0.2) is 46.9 Å². The van der Waals surface area contributed by atoms with Gasteiger partial charge in [-0.05, 0) is 51.3 Å². The van der Waals surface area contributed by atoms with E-state index in [0.717, 1.165) is 11.1 Å². The molecule has 6 nitrogen and oxygen atoms in total. The molecule has 130 valence electrons. The summed E-state index contributed by atoms with van der Waals surface area (Å²) in [5.41, 5.74) is 1.67. The molecule has 7 heteroatoms. The fourth-order valence-electron chi connectivity index (χ4n) is 2.74. The van der Waals surface area contributed by atoms with Gasteiger partial charge in [-0.1, -0.05) is 18.2 Å². The second kappa shape index (κ2) is 7.14. The lowest BCUT2D eigenvalue weighted by Crippen LogP contribution is -2.62. The number of phenols is 2. The van der Waals surface area contributed by atoms with Crippen LogP contribution in [0.2, 0.25) is 0 Å². The lowest BCUT2D eigenvalue weighted by atomic mass is 9.98. The number of rotatable bonds is 4. The molecule has 25 heavy (non-hydrogen) atoms. The maximum atomic E-state index is 12.3. The number of carbonyl (C=O) groups is 2. The summed E-state index contributed by atoms with van der Waals surface area (Å²) >= 11 is 3.23. The number of amides is 2. The van der Waals surface area contributed by atoms with Crippen LogP contribution in [-0.2, 0) is 22.4 Å². The van der Waals surface area contributed by atoms with E-state index >= 15 is 0 Å². The van der Waals surface area contributed by atoms with Crippen molar-refractivity contribution in [1.82, 2.24) is 10.6 Å². The predicted octanol–water partition coefficient (Wildman–Crippen LogP) is 1.63. The summed E-state index contributed by atoms with van der Waals surface area (Å²) in [6.45, 7) is 0. The zero-order valence-corrected chi connectivity index (χ0v) is 14.8. The number of hydrogen-bond donors (Lipinski definition) is 4. The molecule has 0 spiro atoms. The molecule has 0 saturated carbocycles. The van der Waals surface area contributed by atoms with E-state index in [1.165, 1.54) is 6.07 Å². The second-order valence-corrected chi connectivity index (χ2v) is 6.84. The van der Waals surface area contributed by atoms with Crippen molar-refractivity contribution < 1.29 is 19.8 Å². The monoisotopic (exact) mass is 404 g/mol. The minimum absolute atomic E-state index is 0.120. The summed E-state index contributed by atoms with van der Waals surface area (Å²) in [5, 5.41) is 24.3. The standard InChI is InChI=1S/C18H17BrN2O4/c19-13-7-11(3-6-16(13)23)9-15-18(25)20-14(17(24)21-15)8-10-1-4-12(22)5-2-10/h1-7,14-15,22-23H,8-9H2,(H,20,25)(H,21,24)/t14-,15-/m0/s1. The molecule has 1 aliphatic rings. The number of piperazine rings is 1. The average molecular weight is 405 g/mol. The zero-order chi connectivity index (χ0) is 18.0. The van der Waals surface area contributed by atoms with Crippen LogP contribution in [0, 0.1) is 0 Å². The molecule has 0 radical (unpaired) electrons. The van der Waals surface area contributed by atoms with Crippen molar-refractivity contribution in [2.24, 2.45) is 0 Å². The maximum absolute atomic E-state index is 12.3. The molecule has 2 aromatic rings. The van der Waals surface area contributed by atoms with Crippen molar-refractivity contribution in [1.29, 1.82) is 0 Å². The first kappa shape index (κ1) is 17.3. The summed E-state index contributed by atoms with van der Waals surface area (Å²) in [7, 11) is 0. The van der Waals surface area contributed by atoms with Crippen molar-refractivity contribution in [2.75, 3.05) is 0 Å². The molecule has 0 unspecified atom stereocenters. The molecule has 1 aliphatic heterocycles. The predicted molar refractivity (Wildman–Crippen MR) is 95.2 cm³/mol. The number of carbonyl (C=O) groups excluding carboxylic acids is 2. The Labute approximate surface area is 153 Å². The summed E-state index contributed by atoms with van der Waals surface area (Å²) < 4.78 is 0.540. The Kier molecular flexibility index (Phi) is 4.94. The highest BCUT2D eigenvalue weighted by atomic mass is 79.9. The first-order valence-corrected chi connectivity index (χ1v) is 8.58. The molecule has 2 aromatic carbocycles. The number of benzene rings is 2. The van der Waals surface area contributed by atoms with Gasteiger partial charge in [0.1, 0.15) is 23.6 Å². The molecular weight excluding hydrogens is 388 g/mol. The first-order chi connectivity index (χ1) is 11.9. The lowest BCUT2D eigenvalue weighted by Gasteiger charge is -2.29. The Balaban J connectivity index is 1.65. The maximum Gasteiger partial charge on any atom is 0.243 e. The third-order valence-electron chi connectivity index (χ3n) is 4.09. The Morgan fingerprint density at radius 3 is 1.92 bits per heavy atom. The minimum Gasteiger partial charge on any atom is -0.508 e. The van der Waals surface area contributed by atoms with Crippen LogP contribution in [-0.4, -0.2) is 34.1 Å². The van der Waals surface area contributed by atoms with Crippen LogP contribution in [0.3, 0.4) is 0 Å². The fraction of sp³-hybridized carbons (Fsp3) is 0.222. The van der Waals surface area contributed by atoms with Crippen molar-refractivity contribution >= 4 is 27.7 Å². The van der Waals surface area contributed by atoms with E-state index in [9.17, 15) is 19.8 Å². The van der Waals surface area contributed by atoms with Gasteiger partial charge >= 0.3 is 0 Å². The van der Waals surface area contributed by atoms with Crippen molar-refractivity contribution in [3.05, 3.63) is 58.1 Å². The van der Waals surface area contributed by atoms with Crippen LogP contribution in [0.5, 0.6) is 11.5 Å². The number of phenolic OH excluding ortho intramolecular Hbond substituents is 2. The van der Waals surface area contributed by atoms with Gasteiger partial charge in [-0.25, -0.2) is 0 Å². The molecule has 2 atom stereocenters. The molecule has 3 rings (SSSR count). The number of hydrogen-bond acceptors (Lipinski definition) is 4. The third kappa shape index (κ3) is 4.11. The van der Waals surface area contributed by atoms with Crippen molar-refractivity contribution in [2.45, 2.75) is 24.9 Å². The smallest absolute Gasteiger partial charge is 0.243 e. The van der Waals surface area contributed by atoms with E-state index in [1.807, 2.05) is 0 Å². The highest BCUT2D eigenvalue weighted by molar-refractivity contribution is 9.10. The highest BCUT2D eigenvalue weighted by Gasteiger charge is 2.33. The molecule has 1 fully saturated rings. The van der Waals surface area contributed by atoms with E-state index in [0.29, 0.717) is 17.3 Å². The van der Waals surface area contributed by atoms with Crippen LogP contribution in [0.1, 0.15) is 11.1 Å². The Bertz CT molecular complexity index is 807. The Hall–Kier alpha value is -2.54. The van der Waals surface area contributed by atoms with E-state index in [-0.39, 0.29) is 23.3 Å². The molecule has 0 bridgehead atoms. The van der Waals surface area contributed by atoms with Gasteiger partial charge in [0.25, 0.3) is 0 Å². The van der Waals surface area contributed by atoms with Crippen LogP contribution < -0.4 is 10.6 Å². The summed E-state index contributed by atoms with van der Waals surface area (Å²) in [6, 6.07) is 10.2. The van der Waals surface area contributed by atoms with E-state index in [1.54, 1.807) is 36.4 Å². The molecule has 2 amide bonds. The lowest BCUT2D eigenvalue weighted by molar-refractivity contribution is -0.136. The second-order valence-electron chi connectivity index (χ2n) is 5.98. The van der Waals surface area contributed by atoms with Gasteiger partial charge in [0.2, 0.25) is 11.8 Å². The van der Waals surface area contributed by atoms with Crippen molar-refractivity contribution in [3.63, 3.8) is 0 Å². The quantitative estimate of drug-likeness (QED) is 0.622. The topological polar surface area (TPSA) is 98.7 Å². The van der Waals surface area contributed by atoms with Gasteiger partial charge in [-0.3, -0.25) is 9.59 Å². The number of aromatic hydroxyl groups is 2. The van der Waals surface area contributed by atoms with Crippen LogP contribution in [0.4, 0.5) is 0 Å². The van der Waals surface area contributed by atoms with E-state index in [2.05, 4.69) is 26.6 Å². The van der Waals surface area contributed by atoms with Gasteiger partial charge < -0.3 is 20.8 Å². The van der Waals surface area contributed by atoms with Crippen LogP contribution >= 0.6 is 15.9 Å². The number of nitrogens with one attached hydrogen (secondary N) is 2. The molecule has 1 saturated heterocycles. The molecule has 1 heterocycles. The zero-order valence-electron chi connectivity index (χ0n) is 13.2. The Morgan fingerprint density at radius 2 is 1.36 bits per heavy atom. The van der Waals surface area contributed by atoms with Crippen LogP contribution in [0.25, 0.3) is 0 Å². The SMILES string of the molecule is O=C1N[C@@H](Cc2ccc(O)c(Br)c2)C(=O)N[C@H]1Cc1ccc(O)cc1. The largest absolute Gasteiger partial charge is 0.508 e. The summed E-state index contributed by atoms with van der Waals surface area (Å²) in [5.74, 6) is -0.209. The van der Waals surface area contributed by atoms with E-state index in [4.69, 9.17) is 0 Å². The molecular formula is C18H17BrN2O4. The van der Waals surface area contributed by atoms with Gasteiger partial charge in [0, 0.05) is 12.8 Å².